The molecule has 0 bridgehead atoms. The molecule has 1 aromatic heterocycles. The van der Waals surface area contributed by atoms with Crippen molar-refractivity contribution in [2.45, 2.75) is 13.0 Å². The van der Waals surface area contributed by atoms with Crippen molar-refractivity contribution in [1.29, 1.82) is 0 Å². The van der Waals surface area contributed by atoms with Gasteiger partial charge in [-0.15, -0.1) is 0 Å². The predicted molar refractivity (Wildman–Crippen MR) is 75.9 cm³/mol. The van der Waals surface area contributed by atoms with Crippen LogP contribution in [-0.2, 0) is 26.1 Å². The van der Waals surface area contributed by atoms with Gasteiger partial charge in [-0.2, -0.15) is 9.40 Å². The number of rotatable bonds is 6. The van der Waals surface area contributed by atoms with Crippen LogP contribution in [-0.4, -0.2) is 72.8 Å². The van der Waals surface area contributed by atoms with Gasteiger partial charge < -0.3 is 9.64 Å². The second kappa shape index (κ2) is 7.01. The first-order valence-corrected chi connectivity index (χ1v) is 8.37. The van der Waals surface area contributed by atoms with Crippen molar-refractivity contribution in [2.24, 2.45) is 0 Å². The number of nitrogens with one attached hydrogen (secondary N) is 1. The van der Waals surface area contributed by atoms with Crippen LogP contribution in [0.3, 0.4) is 0 Å². The maximum Gasteiger partial charge on any atom is 0.223 e. The van der Waals surface area contributed by atoms with E-state index in [4.69, 9.17) is 4.74 Å². The lowest BCUT2D eigenvalue weighted by molar-refractivity contribution is -0.130. The number of morpholine rings is 1. The van der Waals surface area contributed by atoms with E-state index in [-0.39, 0.29) is 18.1 Å². The Morgan fingerprint density at radius 3 is 2.81 bits per heavy atom. The number of amides is 1. The van der Waals surface area contributed by atoms with Crippen LogP contribution in [0.25, 0.3) is 0 Å². The minimum Gasteiger partial charge on any atom is -0.379 e. The molecule has 1 amide bonds. The summed E-state index contributed by atoms with van der Waals surface area (Å²) in [5.74, 6) is -0.366. The topological polar surface area (TPSA) is 95.6 Å². The molecule has 0 radical (unpaired) electrons. The molecule has 1 saturated heterocycles. The van der Waals surface area contributed by atoms with Crippen LogP contribution in [0.2, 0.25) is 0 Å². The SMILES string of the molecule is CN(Cc1cn[nH]c1)C(=O)CCS(=O)(=O)N1CCOCC1. The zero-order valence-electron chi connectivity index (χ0n) is 12.0. The van der Waals surface area contributed by atoms with E-state index in [2.05, 4.69) is 10.2 Å². The number of H-pyrrole nitrogens is 1. The molecular formula is C12H20N4O4S. The van der Waals surface area contributed by atoms with Crippen LogP contribution in [0.1, 0.15) is 12.0 Å². The summed E-state index contributed by atoms with van der Waals surface area (Å²) in [5.41, 5.74) is 0.877. The summed E-state index contributed by atoms with van der Waals surface area (Å²) in [6.45, 7) is 1.96. The third kappa shape index (κ3) is 4.51. The fourth-order valence-corrected chi connectivity index (χ4v) is 3.48. The summed E-state index contributed by atoms with van der Waals surface area (Å²) in [6.07, 6.45) is 3.32. The molecule has 1 fully saturated rings. The molecule has 1 aliphatic rings. The van der Waals surface area contributed by atoms with Crippen LogP contribution >= 0.6 is 0 Å². The molecule has 21 heavy (non-hydrogen) atoms. The van der Waals surface area contributed by atoms with E-state index in [1.165, 1.54) is 9.21 Å². The van der Waals surface area contributed by atoms with Crippen LogP contribution in [0, 0.1) is 0 Å². The van der Waals surface area contributed by atoms with Gasteiger partial charge in [0.25, 0.3) is 0 Å². The summed E-state index contributed by atoms with van der Waals surface area (Å²) >= 11 is 0. The van der Waals surface area contributed by atoms with E-state index in [0.717, 1.165) is 5.56 Å². The van der Waals surface area contributed by atoms with Crippen molar-refractivity contribution in [3.05, 3.63) is 18.0 Å². The van der Waals surface area contributed by atoms with Crippen LogP contribution in [0.5, 0.6) is 0 Å². The van der Waals surface area contributed by atoms with Crippen molar-refractivity contribution in [1.82, 2.24) is 19.4 Å². The molecule has 0 aromatic carbocycles. The summed E-state index contributed by atoms with van der Waals surface area (Å²) in [4.78, 5) is 13.5. The Morgan fingerprint density at radius 1 is 1.48 bits per heavy atom. The summed E-state index contributed by atoms with van der Waals surface area (Å²) in [5, 5.41) is 6.47. The first-order valence-electron chi connectivity index (χ1n) is 6.76. The van der Waals surface area contributed by atoms with E-state index in [0.29, 0.717) is 32.8 Å². The lowest BCUT2D eigenvalue weighted by atomic mass is 10.3. The maximum absolute atomic E-state index is 12.1. The van der Waals surface area contributed by atoms with Crippen molar-refractivity contribution < 1.29 is 17.9 Å². The fraction of sp³-hybridized carbons (Fsp3) is 0.667. The molecule has 1 aromatic rings. The quantitative estimate of drug-likeness (QED) is 0.757. The molecule has 2 rings (SSSR count). The Balaban J connectivity index is 1.82. The highest BCUT2D eigenvalue weighted by atomic mass is 32.2. The molecular weight excluding hydrogens is 296 g/mol. The average molecular weight is 316 g/mol. The first-order chi connectivity index (χ1) is 9.99. The van der Waals surface area contributed by atoms with Crippen molar-refractivity contribution in [3.63, 3.8) is 0 Å². The van der Waals surface area contributed by atoms with E-state index >= 15 is 0 Å². The van der Waals surface area contributed by atoms with E-state index < -0.39 is 10.0 Å². The van der Waals surface area contributed by atoms with Crippen molar-refractivity contribution in [3.8, 4) is 0 Å². The second-order valence-electron chi connectivity index (χ2n) is 4.93. The van der Waals surface area contributed by atoms with Gasteiger partial charge in [0, 0.05) is 44.9 Å². The highest BCUT2D eigenvalue weighted by Crippen LogP contribution is 2.08. The molecule has 0 aliphatic carbocycles. The standard InChI is InChI=1S/C12H20N4O4S/c1-15(10-11-8-13-14-9-11)12(17)2-7-21(18,19)16-3-5-20-6-4-16/h8-9H,2-7,10H2,1H3,(H,13,14). The predicted octanol–water partition coefficient (Wildman–Crippen LogP) is -0.580. The van der Waals surface area contributed by atoms with Gasteiger partial charge in [0.15, 0.2) is 0 Å². The molecule has 1 aliphatic heterocycles. The molecule has 0 unspecified atom stereocenters. The minimum atomic E-state index is -3.39. The maximum atomic E-state index is 12.1. The molecule has 8 nitrogen and oxygen atoms in total. The summed E-state index contributed by atoms with van der Waals surface area (Å²) in [6, 6.07) is 0. The number of hydrogen-bond donors (Lipinski definition) is 1. The molecule has 9 heteroatoms. The monoisotopic (exact) mass is 316 g/mol. The van der Waals surface area contributed by atoms with Gasteiger partial charge in [-0.1, -0.05) is 0 Å². The fourth-order valence-electron chi connectivity index (χ4n) is 2.09. The second-order valence-corrected chi connectivity index (χ2v) is 7.02. The Bertz CT molecular complexity index is 552. The van der Waals surface area contributed by atoms with Gasteiger partial charge in [-0.3, -0.25) is 9.89 Å². The minimum absolute atomic E-state index is 0.0198. The molecule has 118 valence electrons. The number of aromatic nitrogens is 2. The van der Waals surface area contributed by atoms with Gasteiger partial charge in [0.1, 0.15) is 0 Å². The smallest absolute Gasteiger partial charge is 0.223 e. The molecule has 2 heterocycles. The number of aromatic amines is 1. The summed E-state index contributed by atoms with van der Waals surface area (Å²) in [7, 11) is -1.74. The van der Waals surface area contributed by atoms with Gasteiger partial charge in [0.2, 0.25) is 15.9 Å². The Kier molecular flexibility index (Phi) is 5.32. The third-order valence-electron chi connectivity index (χ3n) is 3.34. The number of carbonyl (C=O) groups is 1. The van der Waals surface area contributed by atoms with Gasteiger partial charge in [-0.05, 0) is 0 Å². The van der Waals surface area contributed by atoms with Crippen LogP contribution in [0.15, 0.2) is 12.4 Å². The summed E-state index contributed by atoms with van der Waals surface area (Å²) < 4.78 is 30.7. The van der Waals surface area contributed by atoms with E-state index in [1.807, 2.05) is 0 Å². The average Bonchev–Trinajstić information content (AvgIpc) is 2.98. The normalized spacial score (nSPS) is 16.8. The number of ether oxygens (including phenoxy) is 1. The zero-order valence-corrected chi connectivity index (χ0v) is 12.8. The Hall–Kier alpha value is -1.45. The lowest BCUT2D eigenvalue weighted by Gasteiger charge is -2.26. The number of hydrogen-bond acceptors (Lipinski definition) is 5. The number of nitrogens with zero attached hydrogens (tertiary/aromatic N) is 3. The van der Waals surface area contributed by atoms with E-state index in [1.54, 1.807) is 19.4 Å². The highest BCUT2D eigenvalue weighted by Gasteiger charge is 2.25. The molecule has 0 spiro atoms. The van der Waals surface area contributed by atoms with Crippen LogP contribution in [0.4, 0.5) is 0 Å². The van der Waals surface area contributed by atoms with Crippen molar-refractivity contribution in [2.75, 3.05) is 39.1 Å². The Labute approximate surface area is 124 Å². The molecule has 0 atom stereocenters. The van der Waals surface area contributed by atoms with Gasteiger partial charge >= 0.3 is 0 Å². The van der Waals surface area contributed by atoms with E-state index in [9.17, 15) is 13.2 Å². The number of carbonyl (C=O) groups excluding carboxylic acids is 1. The largest absolute Gasteiger partial charge is 0.379 e. The first kappa shape index (κ1) is 15.9. The zero-order chi connectivity index (χ0) is 15.3. The molecule has 1 N–H and O–H groups in total. The molecule has 0 saturated carbocycles. The third-order valence-corrected chi connectivity index (χ3v) is 5.21. The Morgan fingerprint density at radius 2 is 2.19 bits per heavy atom. The number of sulfonamides is 1. The van der Waals surface area contributed by atoms with Crippen LogP contribution < -0.4 is 0 Å². The lowest BCUT2D eigenvalue weighted by Crippen LogP contribution is -2.42. The van der Waals surface area contributed by atoms with Gasteiger partial charge in [-0.25, -0.2) is 8.42 Å². The van der Waals surface area contributed by atoms with Gasteiger partial charge in [0.05, 0.1) is 25.2 Å². The highest BCUT2D eigenvalue weighted by molar-refractivity contribution is 7.89. The van der Waals surface area contributed by atoms with Crippen molar-refractivity contribution >= 4 is 15.9 Å².